The summed E-state index contributed by atoms with van der Waals surface area (Å²) in [6.07, 6.45) is 0.153. The van der Waals surface area contributed by atoms with Gasteiger partial charge in [0.05, 0.1) is 26.2 Å². The van der Waals surface area contributed by atoms with Crippen LogP contribution in [-0.4, -0.2) is 19.2 Å². The molecule has 24 heavy (non-hydrogen) atoms. The van der Waals surface area contributed by atoms with Crippen LogP contribution in [0.5, 0.6) is 0 Å². The molecule has 0 fully saturated rings. The Bertz CT molecular complexity index is 1070. The second-order valence-corrected chi connectivity index (χ2v) is 8.70. The van der Waals surface area contributed by atoms with Gasteiger partial charge >= 0.3 is 0 Å². The maximum absolute atomic E-state index is 12.7. The average molecular weight is 358 g/mol. The summed E-state index contributed by atoms with van der Waals surface area (Å²) in [5, 5.41) is 0.892. The molecule has 1 aromatic heterocycles. The fraction of sp³-hybridized carbons (Fsp3) is 0.176. The molecule has 1 heterocycles. The number of fused-ring (bicyclic) bond motifs is 2. The molecule has 0 saturated heterocycles. The quantitative estimate of drug-likeness (QED) is 0.780. The van der Waals surface area contributed by atoms with Crippen molar-refractivity contribution in [2.24, 2.45) is 0 Å². The smallest absolute Gasteiger partial charge is 0.241 e. The molecule has 0 spiro atoms. The topological polar surface area (TPSA) is 76.1 Å². The van der Waals surface area contributed by atoms with Crippen LogP contribution in [-0.2, 0) is 10.0 Å². The van der Waals surface area contributed by atoms with Gasteiger partial charge in [-0.1, -0.05) is 24.3 Å². The van der Waals surface area contributed by atoms with Crippen LogP contribution in [0.1, 0.15) is 33.4 Å². The lowest BCUT2D eigenvalue weighted by molar-refractivity contribution is 0.0988. The van der Waals surface area contributed by atoms with Crippen molar-refractivity contribution in [1.82, 2.24) is 9.71 Å². The Kier molecular flexibility index (Phi) is 3.52. The van der Waals surface area contributed by atoms with E-state index < -0.39 is 16.1 Å². The fourth-order valence-electron chi connectivity index (χ4n) is 3.01. The fourth-order valence-corrected chi connectivity index (χ4v) is 5.19. The average Bonchev–Trinajstić information content (AvgIpc) is 3.06. The number of rotatable bonds is 3. The van der Waals surface area contributed by atoms with Gasteiger partial charge in [0.1, 0.15) is 0 Å². The number of nitrogens with one attached hydrogen (secondary N) is 1. The van der Waals surface area contributed by atoms with Gasteiger partial charge in [-0.25, -0.2) is 18.1 Å². The standard InChI is InChI=1S/C17H14N2O3S2/c1-10-18-14-7-6-11(8-17(14)23-10)24(21,22)19-15-9-16(20)13-5-3-2-4-12(13)15/h2-8,15,19H,9H2,1H3/t15-/m0/s1. The van der Waals surface area contributed by atoms with Crippen molar-refractivity contribution in [3.05, 3.63) is 58.6 Å². The van der Waals surface area contributed by atoms with E-state index in [0.29, 0.717) is 5.56 Å². The molecule has 1 atom stereocenters. The van der Waals surface area contributed by atoms with Crippen LogP contribution < -0.4 is 4.72 Å². The Morgan fingerprint density at radius 1 is 1.21 bits per heavy atom. The molecule has 7 heteroatoms. The van der Waals surface area contributed by atoms with E-state index in [-0.39, 0.29) is 17.1 Å². The van der Waals surface area contributed by atoms with Crippen molar-refractivity contribution < 1.29 is 13.2 Å². The van der Waals surface area contributed by atoms with Gasteiger partial charge in [-0.15, -0.1) is 11.3 Å². The highest BCUT2D eigenvalue weighted by Gasteiger charge is 2.32. The van der Waals surface area contributed by atoms with Gasteiger partial charge in [-0.2, -0.15) is 0 Å². The lowest BCUT2D eigenvalue weighted by Gasteiger charge is -2.13. The number of sulfonamides is 1. The van der Waals surface area contributed by atoms with Crippen LogP contribution >= 0.6 is 11.3 Å². The predicted octanol–water partition coefficient (Wildman–Crippen LogP) is 3.21. The molecule has 0 bridgehead atoms. The maximum Gasteiger partial charge on any atom is 0.241 e. The molecule has 4 rings (SSSR count). The van der Waals surface area contributed by atoms with Crippen molar-refractivity contribution in [3.63, 3.8) is 0 Å². The van der Waals surface area contributed by atoms with Crippen LogP contribution in [0.4, 0.5) is 0 Å². The number of benzene rings is 2. The molecule has 5 nitrogen and oxygen atoms in total. The lowest BCUT2D eigenvalue weighted by Crippen LogP contribution is -2.27. The van der Waals surface area contributed by atoms with Gasteiger partial charge in [0.2, 0.25) is 10.0 Å². The monoisotopic (exact) mass is 358 g/mol. The zero-order valence-electron chi connectivity index (χ0n) is 12.8. The van der Waals surface area contributed by atoms with Gasteiger partial charge in [-0.05, 0) is 30.7 Å². The summed E-state index contributed by atoms with van der Waals surface area (Å²) in [6, 6.07) is 11.5. The Morgan fingerprint density at radius 2 is 2.00 bits per heavy atom. The van der Waals surface area contributed by atoms with E-state index in [1.54, 1.807) is 36.4 Å². The highest BCUT2D eigenvalue weighted by Crippen LogP contribution is 2.32. The largest absolute Gasteiger partial charge is 0.294 e. The van der Waals surface area contributed by atoms with E-state index >= 15 is 0 Å². The first kappa shape index (κ1) is 15.4. The minimum absolute atomic E-state index is 0.0353. The molecular weight excluding hydrogens is 344 g/mol. The highest BCUT2D eigenvalue weighted by atomic mass is 32.2. The summed E-state index contributed by atoms with van der Waals surface area (Å²) in [6.45, 7) is 1.89. The summed E-state index contributed by atoms with van der Waals surface area (Å²) in [4.78, 5) is 16.6. The minimum Gasteiger partial charge on any atom is -0.294 e. The first-order chi connectivity index (χ1) is 11.4. The summed E-state index contributed by atoms with van der Waals surface area (Å²) in [5.41, 5.74) is 2.12. The van der Waals surface area contributed by atoms with E-state index in [1.165, 1.54) is 11.3 Å². The Hall–Kier alpha value is -2.09. The Morgan fingerprint density at radius 3 is 2.83 bits per heavy atom. The molecule has 3 aromatic rings. The van der Waals surface area contributed by atoms with E-state index in [2.05, 4.69) is 9.71 Å². The predicted molar refractivity (Wildman–Crippen MR) is 92.8 cm³/mol. The van der Waals surface area contributed by atoms with Crippen LogP contribution in [0.2, 0.25) is 0 Å². The third kappa shape index (κ3) is 2.54. The van der Waals surface area contributed by atoms with E-state index in [0.717, 1.165) is 20.8 Å². The van der Waals surface area contributed by atoms with Gasteiger partial charge in [-0.3, -0.25) is 4.79 Å². The van der Waals surface area contributed by atoms with Crippen LogP contribution in [0, 0.1) is 6.92 Å². The van der Waals surface area contributed by atoms with E-state index in [9.17, 15) is 13.2 Å². The van der Waals surface area contributed by atoms with Gasteiger partial charge in [0.15, 0.2) is 5.78 Å². The van der Waals surface area contributed by atoms with Crippen molar-refractivity contribution in [2.45, 2.75) is 24.3 Å². The van der Waals surface area contributed by atoms with Crippen LogP contribution in [0.3, 0.4) is 0 Å². The first-order valence-corrected chi connectivity index (χ1v) is 9.76. The van der Waals surface area contributed by atoms with Crippen molar-refractivity contribution >= 4 is 37.4 Å². The molecule has 0 unspecified atom stereocenters. The Labute approximate surface area is 143 Å². The number of hydrogen-bond donors (Lipinski definition) is 1. The molecule has 1 N–H and O–H groups in total. The van der Waals surface area contributed by atoms with Gasteiger partial charge in [0, 0.05) is 12.0 Å². The normalized spacial score (nSPS) is 17.4. The molecule has 2 aromatic carbocycles. The zero-order valence-corrected chi connectivity index (χ0v) is 14.4. The number of aromatic nitrogens is 1. The lowest BCUT2D eigenvalue weighted by atomic mass is 10.1. The van der Waals surface area contributed by atoms with Crippen molar-refractivity contribution in [1.29, 1.82) is 0 Å². The third-order valence-corrected chi connectivity index (χ3v) is 6.50. The molecule has 1 aliphatic rings. The molecule has 0 amide bonds. The van der Waals surface area contributed by atoms with Crippen molar-refractivity contribution in [2.75, 3.05) is 0 Å². The zero-order chi connectivity index (χ0) is 16.9. The number of Topliss-reactive ketones (excluding diaryl/α,β-unsaturated/α-hetero) is 1. The Balaban J connectivity index is 1.69. The number of ketones is 1. The SMILES string of the molecule is Cc1nc2ccc(S(=O)(=O)N[C@H]3CC(=O)c4ccccc43)cc2s1. The number of thiazole rings is 1. The number of carbonyl (C=O) groups is 1. The summed E-state index contributed by atoms with van der Waals surface area (Å²) in [5.74, 6) is -0.0353. The number of aryl methyl sites for hydroxylation is 1. The molecule has 0 saturated carbocycles. The number of nitrogens with zero attached hydrogens (tertiary/aromatic N) is 1. The van der Waals surface area contributed by atoms with Crippen LogP contribution in [0.25, 0.3) is 10.2 Å². The highest BCUT2D eigenvalue weighted by molar-refractivity contribution is 7.89. The number of hydrogen-bond acceptors (Lipinski definition) is 5. The second-order valence-electron chi connectivity index (χ2n) is 5.75. The molecule has 122 valence electrons. The first-order valence-electron chi connectivity index (χ1n) is 7.46. The third-order valence-electron chi connectivity index (χ3n) is 4.10. The second kappa shape index (κ2) is 5.47. The summed E-state index contributed by atoms with van der Waals surface area (Å²) >= 11 is 1.46. The molecule has 0 radical (unpaired) electrons. The maximum atomic E-state index is 12.7. The van der Waals surface area contributed by atoms with Gasteiger partial charge < -0.3 is 0 Å². The van der Waals surface area contributed by atoms with Gasteiger partial charge in [0.25, 0.3) is 0 Å². The molecule has 1 aliphatic carbocycles. The molecule has 0 aliphatic heterocycles. The summed E-state index contributed by atoms with van der Waals surface area (Å²) < 4.78 is 28.9. The van der Waals surface area contributed by atoms with Crippen LogP contribution in [0.15, 0.2) is 47.4 Å². The summed E-state index contributed by atoms with van der Waals surface area (Å²) in [7, 11) is -3.72. The number of carbonyl (C=O) groups excluding carboxylic acids is 1. The van der Waals surface area contributed by atoms with E-state index in [1.807, 2.05) is 13.0 Å². The van der Waals surface area contributed by atoms with E-state index in [4.69, 9.17) is 0 Å². The van der Waals surface area contributed by atoms with Crippen molar-refractivity contribution in [3.8, 4) is 0 Å². The minimum atomic E-state index is -3.72. The molecular formula is C17H14N2O3S2.